The molecule has 1 unspecified atom stereocenters. The third-order valence-corrected chi connectivity index (χ3v) is 5.54. The van der Waals surface area contributed by atoms with E-state index in [4.69, 9.17) is 0 Å². The van der Waals surface area contributed by atoms with E-state index in [9.17, 15) is 17.6 Å². The zero-order valence-corrected chi connectivity index (χ0v) is 16.4. The van der Waals surface area contributed by atoms with Crippen molar-refractivity contribution in [3.05, 3.63) is 59.9 Å². The molecule has 0 saturated heterocycles. The molecular weight excluding hydrogens is 367 g/mol. The summed E-state index contributed by atoms with van der Waals surface area (Å²) in [6, 6.07) is 10.8. The summed E-state index contributed by atoms with van der Waals surface area (Å²) in [5, 5.41) is 2.94. The van der Waals surface area contributed by atoms with Crippen LogP contribution in [0.15, 0.2) is 53.4 Å². The number of rotatable bonds is 9. The van der Waals surface area contributed by atoms with E-state index in [0.29, 0.717) is 11.3 Å². The minimum atomic E-state index is -3.81. The minimum Gasteiger partial charge on any atom is -0.350 e. The molecule has 2 N–H and O–H groups in total. The van der Waals surface area contributed by atoms with Gasteiger partial charge in [-0.15, -0.1) is 0 Å². The zero-order valence-electron chi connectivity index (χ0n) is 15.5. The molecule has 0 aliphatic heterocycles. The highest BCUT2D eigenvalue weighted by atomic mass is 32.2. The number of unbranched alkanes of at least 4 members (excludes halogenated alkanes) is 2. The SMILES string of the molecule is CCCCCC(C)NC(=O)c1ccc(NS(=O)(=O)c2ccc(F)cc2)cc1. The highest BCUT2D eigenvalue weighted by Gasteiger charge is 2.15. The molecule has 0 spiro atoms. The fraction of sp³-hybridized carbons (Fsp3) is 0.350. The van der Waals surface area contributed by atoms with Crippen LogP contribution >= 0.6 is 0 Å². The number of halogens is 1. The molecule has 0 radical (unpaired) electrons. The maximum absolute atomic E-state index is 12.9. The van der Waals surface area contributed by atoms with Crippen LogP contribution < -0.4 is 10.0 Å². The van der Waals surface area contributed by atoms with Gasteiger partial charge in [0.1, 0.15) is 5.82 Å². The number of benzene rings is 2. The van der Waals surface area contributed by atoms with E-state index in [1.54, 1.807) is 12.1 Å². The van der Waals surface area contributed by atoms with Gasteiger partial charge in [0, 0.05) is 17.3 Å². The monoisotopic (exact) mass is 392 g/mol. The second-order valence-electron chi connectivity index (χ2n) is 6.51. The van der Waals surface area contributed by atoms with Crippen LogP contribution in [0, 0.1) is 5.82 Å². The molecule has 1 atom stereocenters. The maximum Gasteiger partial charge on any atom is 0.261 e. The number of sulfonamides is 1. The molecule has 146 valence electrons. The van der Waals surface area contributed by atoms with Crippen LogP contribution in [0.1, 0.15) is 49.9 Å². The minimum absolute atomic E-state index is 0.0355. The summed E-state index contributed by atoms with van der Waals surface area (Å²) in [5.41, 5.74) is 0.786. The van der Waals surface area contributed by atoms with Crippen LogP contribution in [0.25, 0.3) is 0 Å². The van der Waals surface area contributed by atoms with Crippen molar-refractivity contribution in [3.63, 3.8) is 0 Å². The van der Waals surface area contributed by atoms with Gasteiger partial charge in [0.25, 0.3) is 15.9 Å². The van der Waals surface area contributed by atoms with Gasteiger partial charge < -0.3 is 5.32 Å². The number of hydrogen-bond acceptors (Lipinski definition) is 3. The normalized spacial score (nSPS) is 12.4. The Labute approximate surface area is 160 Å². The van der Waals surface area contributed by atoms with Crippen molar-refractivity contribution >= 4 is 21.6 Å². The van der Waals surface area contributed by atoms with E-state index in [-0.39, 0.29) is 16.8 Å². The van der Waals surface area contributed by atoms with Crippen LogP contribution in [0.5, 0.6) is 0 Å². The number of anilines is 1. The fourth-order valence-electron chi connectivity index (χ4n) is 2.60. The van der Waals surface area contributed by atoms with Gasteiger partial charge in [-0.05, 0) is 61.9 Å². The molecule has 0 fully saturated rings. The van der Waals surface area contributed by atoms with Crippen LogP contribution in [0.3, 0.4) is 0 Å². The molecule has 0 heterocycles. The summed E-state index contributed by atoms with van der Waals surface area (Å²) in [6.07, 6.45) is 4.27. The van der Waals surface area contributed by atoms with E-state index >= 15 is 0 Å². The molecule has 2 aromatic rings. The maximum atomic E-state index is 12.9. The Morgan fingerprint density at radius 3 is 2.26 bits per heavy atom. The van der Waals surface area contributed by atoms with Crippen molar-refractivity contribution in [1.29, 1.82) is 0 Å². The van der Waals surface area contributed by atoms with Gasteiger partial charge in [-0.25, -0.2) is 12.8 Å². The van der Waals surface area contributed by atoms with Crippen LogP contribution in [-0.4, -0.2) is 20.4 Å². The number of carbonyl (C=O) groups excluding carboxylic acids is 1. The Kier molecular flexibility index (Phi) is 7.36. The van der Waals surface area contributed by atoms with Gasteiger partial charge in [0.15, 0.2) is 0 Å². The van der Waals surface area contributed by atoms with E-state index < -0.39 is 15.8 Å². The van der Waals surface area contributed by atoms with E-state index in [2.05, 4.69) is 17.0 Å². The van der Waals surface area contributed by atoms with Crippen molar-refractivity contribution in [3.8, 4) is 0 Å². The van der Waals surface area contributed by atoms with Crippen LogP contribution in [0.4, 0.5) is 10.1 Å². The van der Waals surface area contributed by atoms with E-state index in [1.807, 2.05) is 6.92 Å². The average molecular weight is 392 g/mol. The molecule has 2 rings (SSSR count). The molecule has 0 aliphatic carbocycles. The van der Waals surface area contributed by atoms with Gasteiger partial charge in [0.2, 0.25) is 0 Å². The lowest BCUT2D eigenvalue weighted by molar-refractivity contribution is 0.0938. The highest BCUT2D eigenvalue weighted by Crippen LogP contribution is 2.17. The molecule has 2 aromatic carbocycles. The lowest BCUT2D eigenvalue weighted by Gasteiger charge is -2.14. The van der Waals surface area contributed by atoms with Crippen LogP contribution in [-0.2, 0) is 10.0 Å². The zero-order chi connectivity index (χ0) is 19.9. The lowest BCUT2D eigenvalue weighted by atomic mass is 10.1. The van der Waals surface area contributed by atoms with Gasteiger partial charge in [-0.3, -0.25) is 9.52 Å². The first-order valence-electron chi connectivity index (χ1n) is 9.01. The molecule has 0 saturated carbocycles. The van der Waals surface area contributed by atoms with Crippen LogP contribution in [0.2, 0.25) is 0 Å². The first kappa shape index (κ1) is 20.9. The molecule has 27 heavy (non-hydrogen) atoms. The van der Waals surface area contributed by atoms with Crippen molar-refractivity contribution < 1.29 is 17.6 Å². The van der Waals surface area contributed by atoms with Crippen molar-refractivity contribution in [2.45, 2.75) is 50.5 Å². The Morgan fingerprint density at radius 1 is 1.04 bits per heavy atom. The van der Waals surface area contributed by atoms with Gasteiger partial charge in [0.05, 0.1) is 4.90 Å². The van der Waals surface area contributed by atoms with Crippen molar-refractivity contribution in [2.24, 2.45) is 0 Å². The molecule has 1 amide bonds. The summed E-state index contributed by atoms with van der Waals surface area (Å²) in [4.78, 5) is 12.2. The summed E-state index contributed by atoms with van der Waals surface area (Å²) < 4.78 is 39.9. The molecule has 0 aromatic heterocycles. The number of nitrogens with one attached hydrogen (secondary N) is 2. The smallest absolute Gasteiger partial charge is 0.261 e. The molecule has 5 nitrogen and oxygen atoms in total. The molecule has 0 aliphatic rings. The topological polar surface area (TPSA) is 75.3 Å². The largest absolute Gasteiger partial charge is 0.350 e. The number of hydrogen-bond donors (Lipinski definition) is 2. The van der Waals surface area contributed by atoms with Gasteiger partial charge in [-0.2, -0.15) is 0 Å². The molecule has 0 bridgehead atoms. The third kappa shape index (κ3) is 6.36. The Hall–Kier alpha value is -2.41. The third-order valence-electron chi connectivity index (χ3n) is 4.14. The predicted octanol–water partition coefficient (Wildman–Crippen LogP) is 4.33. The summed E-state index contributed by atoms with van der Waals surface area (Å²) >= 11 is 0. The quantitative estimate of drug-likeness (QED) is 0.624. The summed E-state index contributed by atoms with van der Waals surface area (Å²) in [5.74, 6) is -0.694. The number of carbonyl (C=O) groups is 1. The second-order valence-corrected chi connectivity index (χ2v) is 8.19. The van der Waals surface area contributed by atoms with Gasteiger partial charge >= 0.3 is 0 Å². The van der Waals surface area contributed by atoms with Gasteiger partial charge in [-0.1, -0.05) is 26.2 Å². The first-order valence-corrected chi connectivity index (χ1v) is 10.5. The standard InChI is InChI=1S/C20H25FN2O3S/c1-3-4-5-6-15(2)22-20(24)16-7-11-18(12-8-16)23-27(25,26)19-13-9-17(21)10-14-19/h7-15,23H,3-6H2,1-2H3,(H,22,24). The average Bonchev–Trinajstić information content (AvgIpc) is 2.62. The first-order chi connectivity index (χ1) is 12.8. The second kappa shape index (κ2) is 9.50. The predicted molar refractivity (Wildman–Crippen MR) is 105 cm³/mol. The Morgan fingerprint density at radius 2 is 1.67 bits per heavy atom. The van der Waals surface area contributed by atoms with Crippen molar-refractivity contribution in [1.82, 2.24) is 5.32 Å². The highest BCUT2D eigenvalue weighted by molar-refractivity contribution is 7.92. The van der Waals surface area contributed by atoms with E-state index in [1.165, 1.54) is 24.3 Å². The lowest BCUT2D eigenvalue weighted by Crippen LogP contribution is -2.32. The van der Waals surface area contributed by atoms with E-state index in [0.717, 1.165) is 37.8 Å². The molecular formula is C20H25FN2O3S. The summed E-state index contributed by atoms with van der Waals surface area (Å²) in [6.45, 7) is 4.11. The Balaban J connectivity index is 1.98. The molecule has 7 heteroatoms. The fourth-order valence-corrected chi connectivity index (χ4v) is 3.66. The number of amides is 1. The Bertz CT molecular complexity index is 850. The van der Waals surface area contributed by atoms with Crippen molar-refractivity contribution in [2.75, 3.05) is 4.72 Å². The summed E-state index contributed by atoms with van der Waals surface area (Å²) in [7, 11) is -3.81.